The predicted octanol–water partition coefficient (Wildman–Crippen LogP) is 2.92. The van der Waals surface area contributed by atoms with Gasteiger partial charge in [0.05, 0.1) is 17.1 Å². The average Bonchev–Trinajstić information content (AvgIpc) is 3.18. The van der Waals surface area contributed by atoms with Crippen LogP contribution in [0.5, 0.6) is 0 Å². The van der Waals surface area contributed by atoms with Crippen LogP contribution in [-0.2, 0) is 0 Å². The fourth-order valence-corrected chi connectivity index (χ4v) is 5.61. The number of hydrogen-bond donors (Lipinski definition) is 3. The molecule has 2 atom stereocenters. The molecule has 26 heavy (non-hydrogen) atoms. The van der Waals surface area contributed by atoms with E-state index in [4.69, 9.17) is 4.99 Å². The Morgan fingerprint density at radius 1 is 1.38 bits per heavy atom. The highest BCUT2D eigenvalue weighted by molar-refractivity contribution is 8.00. The summed E-state index contributed by atoms with van der Waals surface area (Å²) in [5.41, 5.74) is -0.619. The molecule has 1 aliphatic heterocycles. The lowest BCUT2D eigenvalue weighted by atomic mass is 9.79. The van der Waals surface area contributed by atoms with Gasteiger partial charge in [0, 0.05) is 30.9 Å². The minimum absolute atomic E-state index is 0.341. The first-order chi connectivity index (χ1) is 12.6. The molecule has 5 nitrogen and oxygen atoms in total. The van der Waals surface area contributed by atoms with Crippen LogP contribution < -0.4 is 15.5 Å². The summed E-state index contributed by atoms with van der Waals surface area (Å²) in [6, 6.07) is 4.77. The highest BCUT2D eigenvalue weighted by Gasteiger charge is 2.45. The molecule has 0 radical (unpaired) electrons. The molecule has 7 heteroatoms. The van der Waals surface area contributed by atoms with Crippen molar-refractivity contribution in [3.05, 3.63) is 17.5 Å². The van der Waals surface area contributed by atoms with Crippen LogP contribution in [0.25, 0.3) is 0 Å². The molecule has 3 rings (SSSR count). The number of thiophene rings is 1. The standard InChI is InChI=1S/C19H32N4OS2/c1-3-20-18(21-14-19(24)10-7-16(19)25-4-2)22-15-8-11-23(12-9-15)17-6-5-13-26-17/h5-6,13,15-16,24H,3-4,7-12,14H2,1-2H3,(H2,20,21,22). The van der Waals surface area contributed by atoms with Crippen LogP contribution in [0.3, 0.4) is 0 Å². The molecule has 146 valence electrons. The Kier molecular flexibility index (Phi) is 7.12. The summed E-state index contributed by atoms with van der Waals surface area (Å²) in [7, 11) is 0. The van der Waals surface area contributed by atoms with Crippen LogP contribution in [0.1, 0.15) is 39.5 Å². The molecule has 2 fully saturated rings. The van der Waals surface area contributed by atoms with E-state index in [2.05, 4.69) is 46.9 Å². The van der Waals surface area contributed by atoms with Gasteiger partial charge in [0.2, 0.25) is 0 Å². The zero-order valence-electron chi connectivity index (χ0n) is 15.9. The van der Waals surface area contributed by atoms with E-state index in [1.165, 1.54) is 5.00 Å². The van der Waals surface area contributed by atoms with Crippen molar-refractivity contribution in [1.29, 1.82) is 0 Å². The van der Waals surface area contributed by atoms with Gasteiger partial charge in [-0.1, -0.05) is 6.92 Å². The minimum Gasteiger partial charge on any atom is -0.387 e. The summed E-state index contributed by atoms with van der Waals surface area (Å²) in [5.74, 6) is 1.90. The molecule has 3 N–H and O–H groups in total. The van der Waals surface area contributed by atoms with E-state index in [1.807, 2.05) is 23.1 Å². The molecule has 2 unspecified atom stereocenters. The van der Waals surface area contributed by atoms with Crippen molar-refractivity contribution in [1.82, 2.24) is 10.6 Å². The molecule has 1 aromatic heterocycles. The number of rotatable bonds is 7. The molecule has 1 saturated carbocycles. The Bertz CT molecular complexity index is 572. The van der Waals surface area contributed by atoms with Crippen molar-refractivity contribution in [2.75, 3.05) is 36.8 Å². The number of hydrogen-bond acceptors (Lipinski definition) is 5. The molecular weight excluding hydrogens is 364 g/mol. The molecule has 0 spiro atoms. The number of guanidine groups is 1. The van der Waals surface area contributed by atoms with Gasteiger partial charge in [0.15, 0.2) is 5.96 Å². The lowest BCUT2D eigenvalue weighted by Crippen LogP contribution is -2.54. The Morgan fingerprint density at radius 3 is 2.77 bits per heavy atom. The second-order valence-corrected chi connectivity index (χ2v) is 9.54. The quantitative estimate of drug-likeness (QED) is 0.489. The number of aliphatic imine (C=N–C) groups is 1. The summed E-state index contributed by atoms with van der Waals surface area (Å²) >= 11 is 3.68. The number of nitrogens with zero attached hydrogens (tertiary/aromatic N) is 2. The zero-order chi connectivity index (χ0) is 18.4. The summed E-state index contributed by atoms with van der Waals surface area (Å²) in [6.45, 7) is 7.73. The van der Waals surface area contributed by atoms with Crippen molar-refractivity contribution in [2.45, 2.75) is 56.4 Å². The van der Waals surface area contributed by atoms with Gasteiger partial charge in [0.1, 0.15) is 0 Å². The van der Waals surface area contributed by atoms with E-state index in [9.17, 15) is 5.11 Å². The average molecular weight is 397 g/mol. The topological polar surface area (TPSA) is 59.9 Å². The first-order valence-corrected chi connectivity index (χ1v) is 11.7. The van der Waals surface area contributed by atoms with Gasteiger partial charge in [0.25, 0.3) is 0 Å². The molecule has 0 bridgehead atoms. The maximum Gasteiger partial charge on any atom is 0.191 e. The van der Waals surface area contributed by atoms with E-state index in [1.54, 1.807) is 0 Å². The lowest BCUT2D eigenvalue weighted by Gasteiger charge is -2.44. The molecule has 1 aliphatic carbocycles. The lowest BCUT2D eigenvalue weighted by molar-refractivity contribution is -0.0154. The Labute approximate surface area is 165 Å². The van der Waals surface area contributed by atoms with Gasteiger partial charge < -0.3 is 20.6 Å². The fraction of sp³-hybridized carbons (Fsp3) is 0.737. The monoisotopic (exact) mass is 396 g/mol. The molecular formula is C19H32N4OS2. The molecule has 0 aromatic carbocycles. The van der Waals surface area contributed by atoms with E-state index in [0.29, 0.717) is 17.8 Å². The van der Waals surface area contributed by atoms with E-state index in [0.717, 1.165) is 57.0 Å². The smallest absolute Gasteiger partial charge is 0.191 e. The third kappa shape index (κ3) is 4.87. The van der Waals surface area contributed by atoms with Gasteiger partial charge >= 0.3 is 0 Å². The SMILES string of the molecule is CCNC(=NCC1(O)CCC1SCC)NC1CCN(c2cccs2)CC1. The van der Waals surface area contributed by atoms with Crippen molar-refractivity contribution in [3.8, 4) is 0 Å². The van der Waals surface area contributed by atoms with Crippen LogP contribution in [-0.4, -0.2) is 59.9 Å². The number of piperidine rings is 1. The second-order valence-electron chi connectivity index (χ2n) is 7.14. The molecule has 0 amide bonds. The summed E-state index contributed by atoms with van der Waals surface area (Å²) in [6.07, 6.45) is 4.20. The Balaban J connectivity index is 1.50. The fourth-order valence-electron chi connectivity index (χ4n) is 3.64. The molecule has 1 aromatic rings. The minimum atomic E-state index is -0.619. The Hall–Kier alpha value is -0.920. The number of nitrogens with one attached hydrogen (secondary N) is 2. The highest BCUT2D eigenvalue weighted by atomic mass is 32.2. The number of thioether (sulfide) groups is 1. The molecule has 2 aliphatic rings. The first kappa shape index (κ1) is 19.8. The first-order valence-electron chi connectivity index (χ1n) is 9.82. The number of aliphatic hydroxyl groups is 1. The maximum absolute atomic E-state index is 10.8. The number of anilines is 1. The van der Waals surface area contributed by atoms with Gasteiger partial charge in [-0.05, 0) is 55.9 Å². The molecule has 1 saturated heterocycles. The zero-order valence-corrected chi connectivity index (χ0v) is 17.5. The van der Waals surface area contributed by atoms with Gasteiger partial charge in [-0.15, -0.1) is 11.3 Å². The van der Waals surface area contributed by atoms with E-state index < -0.39 is 5.60 Å². The van der Waals surface area contributed by atoms with E-state index >= 15 is 0 Å². The second kappa shape index (κ2) is 9.33. The van der Waals surface area contributed by atoms with Crippen LogP contribution in [0.4, 0.5) is 5.00 Å². The molecule has 2 heterocycles. The third-order valence-corrected chi connectivity index (χ3v) is 7.65. The van der Waals surface area contributed by atoms with Crippen LogP contribution in [0, 0.1) is 0 Å². The van der Waals surface area contributed by atoms with Crippen LogP contribution in [0.2, 0.25) is 0 Å². The van der Waals surface area contributed by atoms with Crippen molar-refractivity contribution >= 4 is 34.1 Å². The van der Waals surface area contributed by atoms with Crippen LogP contribution >= 0.6 is 23.1 Å². The van der Waals surface area contributed by atoms with Crippen molar-refractivity contribution in [2.24, 2.45) is 4.99 Å². The van der Waals surface area contributed by atoms with Crippen molar-refractivity contribution < 1.29 is 5.11 Å². The highest BCUT2D eigenvalue weighted by Crippen LogP contribution is 2.41. The van der Waals surface area contributed by atoms with Gasteiger partial charge in [-0.3, -0.25) is 4.99 Å². The van der Waals surface area contributed by atoms with Crippen LogP contribution in [0.15, 0.2) is 22.5 Å². The normalized spacial score (nSPS) is 27.3. The summed E-state index contributed by atoms with van der Waals surface area (Å²) in [4.78, 5) is 7.19. The summed E-state index contributed by atoms with van der Waals surface area (Å²) in [5, 5.41) is 21.6. The maximum atomic E-state index is 10.8. The van der Waals surface area contributed by atoms with Gasteiger partial charge in [-0.25, -0.2) is 0 Å². The van der Waals surface area contributed by atoms with Gasteiger partial charge in [-0.2, -0.15) is 11.8 Å². The largest absolute Gasteiger partial charge is 0.387 e. The summed E-state index contributed by atoms with van der Waals surface area (Å²) < 4.78 is 0. The van der Waals surface area contributed by atoms with Crippen molar-refractivity contribution in [3.63, 3.8) is 0 Å². The van der Waals surface area contributed by atoms with E-state index in [-0.39, 0.29) is 0 Å². The Morgan fingerprint density at radius 2 is 2.19 bits per heavy atom. The third-order valence-electron chi connectivity index (χ3n) is 5.32. The predicted molar refractivity (Wildman–Crippen MR) is 115 cm³/mol.